The highest BCUT2D eigenvalue weighted by atomic mass is 35.5. The number of thiophene rings is 1. The molecule has 2 aliphatic rings. The van der Waals surface area contributed by atoms with Gasteiger partial charge in [0.05, 0.1) is 22.0 Å². The molecule has 0 spiro atoms. The van der Waals surface area contributed by atoms with E-state index in [1.165, 1.54) is 28.1 Å². The Hall–Kier alpha value is -2.19. The fraction of sp³-hybridized carbons (Fsp3) is 0.292. The second-order valence-corrected chi connectivity index (χ2v) is 11.6. The summed E-state index contributed by atoms with van der Waals surface area (Å²) in [6, 6.07) is 16.5. The Morgan fingerprint density at radius 1 is 1.09 bits per heavy atom. The van der Waals surface area contributed by atoms with Crippen molar-refractivity contribution in [2.45, 2.75) is 43.3 Å². The molecule has 32 heavy (non-hydrogen) atoms. The van der Waals surface area contributed by atoms with Crippen molar-refractivity contribution >= 4 is 38.9 Å². The van der Waals surface area contributed by atoms with Gasteiger partial charge in [0.1, 0.15) is 0 Å². The first kappa shape index (κ1) is 21.6. The Morgan fingerprint density at radius 3 is 2.59 bits per heavy atom. The summed E-state index contributed by atoms with van der Waals surface area (Å²) in [5.74, 6) is -0.216. The van der Waals surface area contributed by atoms with Crippen LogP contribution < -0.4 is 0 Å². The molecule has 8 heteroatoms. The fourth-order valence-corrected chi connectivity index (χ4v) is 6.48. The Labute approximate surface area is 197 Å². The monoisotopic (exact) mass is 486 g/mol. The average Bonchev–Trinajstić information content (AvgIpc) is 3.52. The van der Waals surface area contributed by atoms with Gasteiger partial charge in [0.15, 0.2) is 0 Å². The molecule has 1 saturated carbocycles. The van der Waals surface area contributed by atoms with Crippen LogP contribution in [-0.4, -0.2) is 36.1 Å². The average molecular weight is 487 g/mol. The van der Waals surface area contributed by atoms with E-state index in [0.717, 1.165) is 23.3 Å². The minimum atomic E-state index is -3.75. The van der Waals surface area contributed by atoms with Gasteiger partial charge in [0.2, 0.25) is 10.0 Å². The molecule has 5 nitrogen and oxygen atoms in total. The number of halogens is 1. The first-order chi connectivity index (χ1) is 15.4. The van der Waals surface area contributed by atoms with Gasteiger partial charge in [0.25, 0.3) is 5.91 Å². The predicted molar refractivity (Wildman–Crippen MR) is 126 cm³/mol. The maximum absolute atomic E-state index is 13.4. The molecule has 0 N–H and O–H groups in total. The molecule has 0 saturated heterocycles. The van der Waals surface area contributed by atoms with Gasteiger partial charge >= 0.3 is 0 Å². The van der Waals surface area contributed by atoms with Crippen LogP contribution in [0.1, 0.15) is 39.2 Å². The summed E-state index contributed by atoms with van der Waals surface area (Å²) in [7, 11) is -3.75. The highest BCUT2D eigenvalue weighted by Gasteiger charge is 2.35. The van der Waals surface area contributed by atoms with Gasteiger partial charge in [-0.05, 0) is 60.0 Å². The molecular formula is C24H23ClN2O3S2. The van der Waals surface area contributed by atoms with Crippen LogP contribution in [-0.2, 0) is 29.5 Å². The number of carbonyl (C=O) groups excluding carboxylic acids is 1. The molecule has 166 valence electrons. The van der Waals surface area contributed by atoms with Gasteiger partial charge in [-0.1, -0.05) is 41.9 Å². The van der Waals surface area contributed by atoms with E-state index in [9.17, 15) is 13.2 Å². The summed E-state index contributed by atoms with van der Waals surface area (Å²) < 4.78 is 28.3. The van der Waals surface area contributed by atoms with Crippen molar-refractivity contribution in [1.82, 2.24) is 9.21 Å². The number of sulfonamides is 1. The summed E-state index contributed by atoms with van der Waals surface area (Å²) in [6.07, 6.45) is 2.59. The normalized spacial score (nSPS) is 16.5. The van der Waals surface area contributed by atoms with Crippen molar-refractivity contribution in [3.05, 3.63) is 86.6 Å². The Balaban J connectivity index is 1.43. The highest BCUT2D eigenvalue weighted by Crippen LogP contribution is 2.33. The van der Waals surface area contributed by atoms with E-state index in [-0.39, 0.29) is 27.4 Å². The third-order valence-corrected chi connectivity index (χ3v) is 9.09. The quantitative estimate of drug-likeness (QED) is 0.495. The molecule has 2 aromatic carbocycles. The Bertz CT molecular complexity index is 1250. The van der Waals surface area contributed by atoms with E-state index in [1.54, 1.807) is 11.3 Å². The number of carbonyl (C=O) groups is 1. The second kappa shape index (κ2) is 8.63. The van der Waals surface area contributed by atoms with E-state index >= 15 is 0 Å². The topological polar surface area (TPSA) is 57.7 Å². The summed E-state index contributed by atoms with van der Waals surface area (Å²) in [5, 5.41) is 2.26. The molecule has 0 radical (unpaired) electrons. The number of amides is 1. The lowest BCUT2D eigenvalue weighted by Crippen LogP contribution is -2.36. The maximum Gasteiger partial charge on any atom is 0.255 e. The van der Waals surface area contributed by atoms with Crippen LogP contribution in [0.5, 0.6) is 0 Å². The molecule has 1 amide bonds. The molecular weight excluding hydrogens is 464 g/mol. The number of hydrogen-bond donors (Lipinski definition) is 0. The summed E-state index contributed by atoms with van der Waals surface area (Å²) in [6.45, 7) is 1.26. The molecule has 1 fully saturated rings. The minimum absolute atomic E-state index is 0.108. The lowest BCUT2D eigenvalue weighted by molar-refractivity contribution is 0.0731. The third kappa shape index (κ3) is 4.22. The van der Waals surface area contributed by atoms with E-state index < -0.39 is 10.0 Å². The van der Waals surface area contributed by atoms with Crippen molar-refractivity contribution in [3.63, 3.8) is 0 Å². The number of rotatable bonds is 6. The molecule has 2 heterocycles. The van der Waals surface area contributed by atoms with Crippen LogP contribution in [0.2, 0.25) is 5.02 Å². The largest absolute Gasteiger partial charge is 0.330 e. The van der Waals surface area contributed by atoms with E-state index in [1.807, 2.05) is 46.7 Å². The first-order valence-electron chi connectivity index (χ1n) is 10.6. The Kier molecular flexibility index (Phi) is 5.84. The summed E-state index contributed by atoms with van der Waals surface area (Å²) in [5.41, 5.74) is 2.44. The van der Waals surface area contributed by atoms with Crippen LogP contribution in [0.15, 0.2) is 64.9 Å². The lowest BCUT2D eigenvalue weighted by atomic mass is 10.0. The number of benzene rings is 2. The molecule has 1 aliphatic carbocycles. The number of fused-ring (bicyclic) bond motifs is 1. The van der Waals surface area contributed by atoms with Crippen LogP contribution in [0, 0.1) is 0 Å². The minimum Gasteiger partial charge on any atom is -0.330 e. The molecule has 1 aromatic heterocycles. The standard InChI is InChI=1S/C24H23ClN2O3S2/c25-23-10-9-21(32(29,30)26-12-11-17-4-1-2-5-18(17)15-26)14-22(23)24(28)27(19-7-8-19)16-20-6-3-13-31-20/h1-6,9-10,13-14,19H,7-8,11-12,15-16H2. The SMILES string of the molecule is O=C(c1cc(S(=O)(=O)N2CCc3ccccc3C2)ccc1Cl)N(Cc1cccs1)C1CC1. The van der Waals surface area contributed by atoms with E-state index in [4.69, 9.17) is 11.6 Å². The number of hydrogen-bond acceptors (Lipinski definition) is 4. The molecule has 3 aromatic rings. The third-order valence-electron chi connectivity index (χ3n) is 6.06. The smallest absolute Gasteiger partial charge is 0.255 e. The molecule has 5 rings (SSSR count). The maximum atomic E-state index is 13.4. The zero-order valence-electron chi connectivity index (χ0n) is 17.4. The molecule has 0 unspecified atom stereocenters. The zero-order chi connectivity index (χ0) is 22.3. The van der Waals surface area contributed by atoms with Gasteiger partial charge in [0, 0.05) is 24.0 Å². The van der Waals surface area contributed by atoms with Crippen LogP contribution in [0.25, 0.3) is 0 Å². The van der Waals surface area contributed by atoms with Gasteiger partial charge in [-0.15, -0.1) is 11.3 Å². The van der Waals surface area contributed by atoms with Crippen molar-refractivity contribution < 1.29 is 13.2 Å². The zero-order valence-corrected chi connectivity index (χ0v) is 19.8. The molecule has 0 atom stereocenters. The van der Waals surface area contributed by atoms with Crippen LogP contribution >= 0.6 is 22.9 Å². The second-order valence-electron chi connectivity index (χ2n) is 8.24. The van der Waals surface area contributed by atoms with Crippen molar-refractivity contribution in [2.75, 3.05) is 6.54 Å². The number of nitrogens with zero attached hydrogens (tertiary/aromatic N) is 2. The van der Waals surface area contributed by atoms with E-state index in [2.05, 4.69) is 0 Å². The van der Waals surface area contributed by atoms with Gasteiger partial charge in [-0.25, -0.2) is 8.42 Å². The van der Waals surface area contributed by atoms with Crippen molar-refractivity contribution in [3.8, 4) is 0 Å². The van der Waals surface area contributed by atoms with Crippen LogP contribution in [0.3, 0.4) is 0 Å². The van der Waals surface area contributed by atoms with Gasteiger partial charge < -0.3 is 4.90 Å². The predicted octanol–water partition coefficient (Wildman–Crippen LogP) is 4.95. The van der Waals surface area contributed by atoms with Gasteiger partial charge in [-0.2, -0.15) is 4.31 Å². The Morgan fingerprint density at radius 2 is 1.88 bits per heavy atom. The van der Waals surface area contributed by atoms with Gasteiger partial charge in [-0.3, -0.25) is 4.79 Å². The van der Waals surface area contributed by atoms with E-state index in [0.29, 0.717) is 26.1 Å². The first-order valence-corrected chi connectivity index (χ1v) is 13.3. The molecule has 0 bridgehead atoms. The van der Waals surface area contributed by atoms with Crippen molar-refractivity contribution in [1.29, 1.82) is 0 Å². The van der Waals surface area contributed by atoms with Crippen LogP contribution in [0.4, 0.5) is 0 Å². The molecule has 1 aliphatic heterocycles. The lowest BCUT2D eigenvalue weighted by Gasteiger charge is -2.28. The highest BCUT2D eigenvalue weighted by molar-refractivity contribution is 7.89. The summed E-state index contributed by atoms with van der Waals surface area (Å²) in [4.78, 5) is 16.5. The van der Waals surface area contributed by atoms with Crippen molar-refractivity contribution in [2.24, 2.45) is 0 Å². The summed E-state index contributed by atoms with van der Waals surface area (Å²) >= 11 is 8.00. The fourth-order valence-electron chi connectivity index (χ4n) is 4.13.